The molecule has 0 saturated carbocycles. The molecule has 2 N–H and O–H groups in total. The minimum absolute atomic E-state index is 0.363. The Bertz CT molecular complexity index is 459. The van der Waals surface area contributed by atoms with E-state index in [2.05, 4.69) is 21.2 Å². The maximum atomic E-state index is 12.0. The largest absolute Gasteiger partial charge is 0.480 e. The van der Waals surface area contributed by atoms with Gasteiger partial charge in [0.25, 0.3) is 5.91 Å². The van der Waals surface area contributed by atoms with Crippen molar-refractivity contribution in [3.8, 4) is 0 Å². The van der Waals surface area contributed by atoms with E-state index in [1.54, 1.807) is 23.9 Å². The number of benzene rings is 1. The van der Waals surface area contributed by atoms with Crippen LogP contribution in [0.3, 0.4) is 0 Å². The lowest BCUT2D eigenvalue weighted by molar-refractivity contribution is -0.139. The number of carbonyl (C=O) groups excluding carboxylic acids is 1. The Balaban J connectivity index is 2.78. The molecule has 0 bridgehead atoms. The van der Waals surface area contributed by atoms with Crippen LogP contribution in [0.2, 0.25) is 0 Å². The number of carbonyl (C=O) groups is 2. The molecule has 104 valence electrons. The van der Waals surface area contributed by atoms with E-state index in [1.807, 2.05) is 19.2 Å². The Morgan fingerprint density at radius 2 is 2.11 bits per heavy atom. The number of thioether (sulfide) groups is 1. The molecule has 1 aromatic carbocycles. The number of aliphatic carboxylic acids is 1. The van der Waals surface area contributed by atoms with Crippen LogP contribution in [-0.2, 0) is 4.79 Å². The summed E-state index contributed by atoms with van der Waals surface area (Å²) in [5.74, 6) is -0.679. The highest BCUT2D eigenvalue weighted by Crippen LogP contribution is 2.15. The number of halogens is 1. The molecular formula is C13H16BrNO3S. The van der Waals surface area contributed by atoms with E-state index in [-0.39, 0.29) is 5.91 Å². The van der Waals surface area contributed by atoms with Crippen LogP contribution in [-0.4, -0.2) is 35.0 Å². The van der Waals surface area contributed by atoms with Gasteiger partial charge in [-0.1, -0.05) is 15.9 Å². The maximum absolute atomic E-state index is 12.0. The van der Waals surface area contributed by atoms with Crippen molar-refractivity contribution < 1.29 is 14.7 Å². The summed E-state index contributed by atoms with van der Waals surface area (Å²) in [5.41, 5.74) is 1.40. The average molecular weight is 346 g/mol. The Hall–Kier alpha value is -1.01. The predicted octanol–water partition coefficient (Wildman–Crippen LogP) is 2.69. The van der Waals surface area contributed by atoms with Gasteiger partial charge in [0, 0.05) is 10.0 Å². The summed E-state index contributed by atoms with van der Waals surface area (Å²) in [7, 11) is 0. The van der Waals surface area contributed by atoms with Gasteiger partial charge in [0.2, 0.25) is 0 Å². The minimum atomic E-state index is -1.01. The van der Waals surface area contributed by atoms with E-state index >= 15 is 0 Å². The zero-order valence-electron chi connectivity index (χ0n) is 10.8. The number of nitrogens with one attached hydrogen (secondary N) is 1. The molecular weight excluding hydrogens is 330 g/mol. The van der Waals surface area contributed by atoms with Gasteiger partial charge in [0.05, 0.1) is 0 Å². The lowest BCUT2D eigenvalue weighted by atomic mass is 10.1. The van der Waals surface area contributed by atoms with Crippen LogP contribution in [0.15, 0.2) is 22.7 Å². The quantitative estimate of drug-likeness (QED) is 0.831. The molecule has 0 saturated heterocycles. The SMILES string of the molecule is CSCCC(NC(=O)c1cc(C)cc(Br)c1)C(=O)O. The first-order valence-electron chi connectivity index (χ1n) is 5.74. The zero-order valence-corrected chi connectivity index (χ0v) is 13.2. The number of hydrogen-bond donors (Lipinski definition) is 2. The van der Waals surface area contributed by atoms with Crippen LogP contribution in [0, 0.1) is 6.92 Å². The second kappa shape index (κ2) is 7.55. The van der Waals surface area contributed by atoms with Gasteiger partial charge in [0.1, 0.15) is 6.04 Å². The first-order valence-corrected chi connectivity index (χ1v) is 7.92. The lowest BCUT2D eigenvalue weighted by Gasteiger charge is -2.14. The van der Waals surface area contributed by atoms with Gasteiger partial charge in [-0.15, -0.1) is 0 Å². The number of amides is 1. The molecule has 19 heavy (non-hydrogen) atoms. The van der Waals surface area contributed by atoms with Crippen LogP contribution < -0.4 is 5.32 Å². The monoisotopic (exact) mass is 345 g/mol. The Labute approximate surface area is 125 Å². The van der Waals surface area contributed by atoms with Crippen LogP contribution in [0.4, 0.5) is 0 Å². The van der Waals surface area contributed by atoms with E-state index in [4.69, 9.17) is 5.11 Å². The fraction of sp³-hybridized carbons (Fsp3) is 0.385. The van der Waals surface area contributed by atoms with Gasteiger partial charge in [0.15, 0.2) is 0 Å². The normalized spacial score (nSPS) is 11.9. The van der Waals surface area contributed by atoms with Crippen molar-refractivity contribution in [1.29, 1.82) is 0 Å². The second-order valence-corrected chi connectivity index (χ2v) is 6.06. The number of carboxylic acids is 1. The fourth-order valence-electron chi connectivity index (χ4n) is 1.60. The average Bonchev–Trinajstić information content (AvgIpc) is 2.32. The van der Waals surface area contributed by atoms with Crippen molar-refractivity contribution >= 4 is 39.6 Å². The van der Waals surface area contributed by atoms with Gasteiger partial charge >= 0.3 is 5.97 Å². The summed E-state index contributed by atoms with van der Waals surface area (Å²) in [6.07, 6.45) is 2.31. The number of carboxylic acid groups (broad SMARTS) is 1. The highest BCUT2D eigenvalue weighted by molar-refractivity contribution is 9.10. The van der Waals surface area contributed by atoms with E-state index in [9.17, 15) is 9.59 Å². The summed E-state index contributed by atoms with van der Waals surface area (Å²) in [5, 5.41) is 11.6. The molecule has 6 heteroatoms. The fourth-order valence-corrected chi connectivity index (χ4v) is 2.68. The number of aryl methyl sites for hydroxylation is 1. The third-order valence-corrected chi connectivity index (χ3v) is 3.62. The Morgan fingerprint density at radius 3 is 2.63 bits per heavy atom. The van der Waals surface area contributed by atoms with Crippen molar-refractivity contribution in [3.05, 3.63) is 33.8 Å². The van der Waals surface area contributed by atoms with Crippen molar-refractivity contribution in [2.45, 2.75) is 19.4 Å². The third kappa shape index (κ3) is 5.24. The number of rotatable bonds is 6. The van der Waals surface area contributed by atoms with Crippen molar-refractivity contribution in [3.63, 3.8) is 0 Å². The standard InChI is InChI=1S/C13H16BrNO3S/c1-8-5-9(7-10(14)6-8)12(16)15-11(13(17)18)3-4-19-2/h5-7,11H,3-4H2,1-2H3,(H,15,16)(H,17,18). The Morgan fingerprint density at radius 1 is 1.42 bits per heavy atom. The van der Waals surface area contributed by atoms with E-state index in [1.165, 1.54) is 0 Å². The summed E-state index contributed by atoms with van der Waals surface area (Å²) in [4.78, 5) is 23.1. The van der Waals surface area contributed by atoms with Gasteiger partial charge in [-0.2, -0.15) is 11.8 Å². The smallest absolute Gasteiger partial charge is 0.326 e. The molecule has 0 radical (unpaired) electrons. The summed E-state index contributed by atoms with van der Waals surface area (Å²) >= 11 is 4.87. The van der Waals surface area contributed by atoms with Gasteiger partial charge in [-0.25, -0.2) is 4.79 Å². The summed E-state index contributed by atoms with van der Waals surface area (Å²) in [6.45, 7) is 1.88. The van der Waals surface area contributed by atoms with Crippen LogP contribution in [0.1, 0.15) is 22.3 Å². The summed E-state index contributed by atoms with van der Waals surface area (Å²) < 4.78 is 0.800. The minimum Gasteiger partial charge on any atom is -0.480 e. The van der Waals surface area contributed by atoms with Gasteiger partial charge in [-0.05, 0) is 49.1 Å². The van der Waals surface area contributed by atoms with Gasteiger partial charge in [-0.3, -0.25) is 4.79 Å². The van der Waals surface area contributed by atoms with Gasteiger partial charge < -0.3 is 10.4 Å². The van der Waals surface area contributed by atoms with Crippen LogP contribution >= 0.6 is 27.7 Å². The molecule has 0 spiro atoms. The van der Waals surface area contributed by atoms with E-state index in [0.717, 1.165) is 10.0 Å². The molecule has 0 aliphatic carbocycles. The van der Waals surface area contributed by atoms with Crippen molar-refractivity contribution in [2.75, 3.05) is 12.0 Å². The molecule has 1 atom stereocenters. The molecule has 0 aromatic heterocycles. The topological polar surface area (TPSA) is 66.4 Å². The first kappa shape index (κ1) is 16.0. The van der Waals surface area contributed by atoms with Crippen LogP contribution in [0.5, 0.6) is 0 Å². The van der Waals surface area contributed by atoms with Crippen molar-refractivity contribution in [1.82, 2.24) is 5.32 Å². The molecule has 0 fully saturated rings. The molecule has 0 aliphatic rings. The molecule has 4 nitrogen and oxygen atoms in total. The van der Waals surface area contributed by atoms with E-state index < -0.39 is 12.0 Å². The second-order valence-electron chi connectivity index (χ2n) is 4.16. The molecule has 0 aliphatic heterocycles. The van der Waals surface area contributed by atoms with E-state index in [0.29, 0.717) is 17.7 Å². The molecule has 0 heterocycles. The molecule has 1 rings (SSSR count). The molecule has 1 aromatic rings. The third-order valence-electron chi connectivity index (χ3n) is 2.52. The highest BCUT2D eigenvalue weighted by Gasteiger charge is 2.20. The highest BCUT2D eigenvalue weighted by atomic mass is 79.9. The summed E-state index contributed by atoms with van der Waals surface area (Å²) in [6, 6.07) is 4.45. The zero-order chi connectivity index (χ0) is 14.4. The number of hydrogen-bond acceptors (Lipinski definition) is 3. The Kier molecular flexibility index (Phi) is 6.37. The van der Waals surface area contributed by atoms with Crippen LogP contribution in [0.25, 0.3) is 0 Å². The molecule has 1 amide bonds. The molecule has 1 unspecified atom stereocenters. The predicted molar refractivity (Wildman–Crippen MR) is 80.8 cm³/mol. The lowest BCUT2D eigenvalue weighted by Crippen LogP contribution is -2.41. The maximum Gasteiger partial charge on any atom is 0.326 e. The first-order chi connectivity index (χ1) is 8.93. The van der Waals surface area contributed by atoms with Crippen molar-refractivity contribution in [2.24, 2.45) is 0 Å².